The van der Waals surface area contributed by atoms with Gasteiger partial charge in [-0.1, -0.05) is 19.3 Å². The van der Waals surface area contributed by atoms with Gasteiger partial charge >= 0.3 is 0 Å². The third kappa shape index (κ3) is 7.99. The van der Waals surface area contributed by atoms with Gasteiger partial charge in [0, 0.05) is 33.4 Å². The second-order valence-corrected chi connectivity index (χ2v) is 6.43. The summed E-state index contributed by atoms with van der Waals surface area (Å²) < 4.78 is 11.5. The van der Waals surface area contributed by atoms with Crippen molar-refractivity contribution in [2.75, 3.05) is 40.0 Å². The zero-order valence-electron chi connectivity index (χ0n) is 14.1. The van der Waals surface area contributed by atoms with Crippen molar-refractivity contribution in [3.8, 4) is 0 Å². The molecule has 2 N–H and O–H groups in total. The molecule has 0 aliphatic heterocycles. The van der Waals surface area contributed by atoms with Crippen molar-refractivity contribution in [1.29, 1.82) is 0 Å². The first-order chi connectivity index (χ1) is 10.9. The second-order valence-electron chi connectivity index (χ2n) is 6.43. The number of rotatable bonds is 10. The Hall–Kier alpha value is -0.810. The molecule has 2 fully saturated rings. The number of hydrogen-bond donors (Lipinski definition) is 2. The van der Waals surface area contributed by atoms with Crippen LogP contribution in [-0.2, 0) is 9.47 Å². The lowest BCUT2D eigenvalue weighted by atomic mass is 9.98. The fraction of sp³-hybridized carbons (Fsp3) is 0.941. The molecule has 0 unspecified atom stereocenters. The van der Waals surface area contributed by atoms with Crippen LogP contribution < -0.4 is 10.6 Å². The van der Waals surface area contributed by atoms with Crippen LogP contribution in [0.1, 0.15) is 51.4 Å². The molecule has 22 heavy (non-hydrogen) atoms. The van der Waals surface area contributed by atoms with Crippen molar-refractivity contribution in [2.45, 2.75) is 57.5 Å². The first-order valence-electron chi connectivity index (χ1n) is 9.02. The van der Waals surface area contributed by atoms with Crippen LogP contribution in [0.15, 0.2) is 4.99 Å². The molecule has 0 aromatic heterocycles. The standard InChI is InChI=1S/C17H33N3O2/c1-18-17(20-11-13-21-14-15-8-9-15)19-10-5-12-22-16-6-3-2-4-7-16/h15-16H,2-14H2,1H3,(H2,18,19,20). The lowest BCUT2D eigenvalue weighted by Gasteiger charge is -2.22. The molecule has 0 heterocycles. The maximum atomic E-state index is 5.92. The topological polar surface area (TPSA) is 54.9 Å². The number of nitrogens with one attached hydrogen (secondary N) is 2. The van der Waals surface area contributed by atoms with Crippen molar-refractivity contribution >= 4 is 5.96 Å². The number of nitrogens with zero attached hydrogens (tertiary/aromatic N) is 1. The van der Waals surface area contributed by atoms with Gasteiger partial charge in [0.1, 0.15) is 0 Å². The van der Waals surface area contributed by atoms with E-state index in [-0.39, 0.29) is 0 Å². The quantitative estimate of drug-likeness (QED) is 0.369. The first kappa shape index (κ1) is 17.5. The predicted molar refractivity (Wildman–Crippen MR) is 90.3 cm³/mol. The lowest BCUT2D eigenvalue weighted by Crippen LogP contribution is -2.39. The molecule has 0 atom stereocenters. The van der Waals surface area contributed by atoms with Crippen molar-refractivity contribution in [3.63, 3.8) is 0 Å². The molecule has 0 aromatic rings. The first-order valence-corrected chi connectivity index (χ1v) is 9.02. The van der Waals surface area contributed by atoms with E-state index in [0.717, 1.165) is 51.2 Å². The van der Waals surface area contributed by atoms with Crippen LogP contribution in [0.2, 0.25) is 0 Å². The molecule has 0 spiro atoms. The monoisotopic (exact) mass is 311 g/mol. The molecule has 0 bridgehead atoms. The van der Waals surface area contributed by atoms with Gasteiger partial charge in [0.15, 0.2) is 5.96 Å². The lowest BCUT2D eigenvalue weighted by molar-refractivity contribution is 0.0277. The van der Waals surface area contributed by atoms with Gasteiger partial charge < -0.3 is 20.1 Å². The van der Waals surface area contributed by atoms with Gasteiger partial charge in [-0.25, -0.2) is 0 Å². The van der Waals surface area contributed by atoms with Crippen LogP contribution in [0, 0.1) is 5.92 Å². The predicted octanol–water partition coefficient (Wildman–Crippen LogP) is 2.32. The Labute approximate surface area is 135 Å². The number of hydrogen-bond acceptors (Lipinski definition) is 3. The Bertz CT molecular complexity index is 313. The molecule has 0 amide bonds. The SMILES string of the molecule is CN=C(NCCCOC1CCCCC1)NCCOCC1CC1. The van der Waals surface area contributed by atoms with Crippen LogP contribution in [0.4, 0.5) is 0 Å². The van der Waals surface area contributed by atoms with Crippen LogP contribution in [0.5, 0.6) is 0 Å². The summed E-state index contributed by atoms with van der Waals surface area (Å²) in [6.45, 7) is 4.23. The van der Waals surface area contributed by atoms with Crippen LogP contribution >= 0.6 is 0 Å². The molecule has 0 aromatic carbocycles. The zero-order valence-corrected chi connectivity index (χ0v) is 14.1. The maximum absolute atomic E-state index is 5.92. The van der Waals surface area contributed by atoms with Crippen molar-refractivity contribution < 1.29 is 9.47 Å². The van der Waals surface area contributed by atoms with Gasteiger partial charge in [-0.05, 0) is 38.0 Å². The van der Waals surface area contributed by atoms with Crippen molar-refractivity contribution in [3.05, 3.63) is 0 Å². The summed E-state index contributed by atoms with van der Waals surface area (Å²) >= 11 is 0. The third-order valence-corrected chi connectivity index (χ3v) is 4.33. The summed E-state index contributed by atoms with van der Waals surface area (Å²) in [5.41, 5.74) is 0. The van der Waals surface area contributed by atoms with Crippen molar-refractivity contribution in [1.82, 2.24) is 10.6 Å². The van der Waals surface area contributed by atoms with E-state index < -0.39 is 0 Å². The van der Waals surface area contributed by atoms with E-state index in [1.807, 2.05) is 0 Å². The highest BCUT2D eigenvalue weighted by atomic mass is 16.5. The van der Waals surface area contributed by atoms with Crippen LogP contribution in [0.25, 0.3) is 0 Å². The molecular formula is C17H33N3O2. The smallest absolute Gasteiger partial charge is 0.191 e. The average Bonchev–Trinajstić information content (AvgIpc) is 3.37. The number of guanidine groups is 1. The number of aliphatic imine (C=N–C) groups is 1. The van der Waals surface area contributed by atoms with Crippen LogP contribution in [0.3, 0.4) is 0 Å². The van der Waals surface area contributed by atoms with E-state index in [2.05, 4.69) is 15.6 Å². The minimum Gasteiger partial charge on any atom is -0.379 e. The molecule has 0 radical (unpaired) electrons. The third-order valence-electron chi connectivity index (χ3n) is 4.33. The summed E-state index contributed by atoms with van der Waals surface area (Å²) in [6, 6.07) is 0. The molecule has 2 rings (SSSR count). The highest BCUT2D eigenvalue weighted by Gasteiger charge is 2.20. The largest absolute Gasteiger partial charge is 0.379 e. The Morgan fingerprint density at radius 3 is 2.50 bits per heavy atom. The fourth-order valence-electron chi connectivity index (χ4n) is 2.76. The molecular weight excluding hydrogens is 278 g/mol. The minimum atomic E-state index is 0.509. The highest BCUT2D eigenvalue weighted by Crippen LogP contribution is 2.28. The van der Waals surface area contributed by atoms with Gasteiger partial charge in [-0.3, -0.25) is 4.99 Å². The fourth-order valence-corrected chi connectivity index (χ4v) is 2.76. The number of ether oxygens (including phenoxy) is 2. The summed E-state index contributed by atoms with van der Waals surface area (Å²) in [4.78, 5) is 4.22. The van der Waals surface area contributed by atoms with Crippen molar-refractivity contribution in [2.24, 2.45) is 10.9 Å². The van der Waals surface area contributed by atoms with E-state index in [9.17, 15) is 0 Å². The van der Waals surface area contributed by atoms with E-state index in [1.54, 1.807) is 7.05 Å². The molecule has 5 heteroatoms. The highest BCUT2D eigenvalue weighted by molar-refractivity contribution is 5.79. The van der Waals surface area contributed by atoms with Crippen LogP contribution in [-0.4, -0.2) is 52.0 Å². The van der Waals surface area contributed by atoms with E-state index >= 15 is 0 Å². The molecule has 2 saturated carbocycles. The van der Waals surface area contributed by atoms with Gasteiger partial charge in [0.25, 0.3) is 0 Å². The summed E-state index contributed by atoms with van der Waals surface area (Å²) in [6.07, 6.45) is 10.8. The van der Waals surface area contributed by atoms with E-state index in [4.69, 9.17) is 9.47 Å². The van der Waals surface area contributed by atoms with Gasteiger partial charge in [0.05, 0.1) is 12.7 Å². The second kappa shape index (κ2) is 10.8. The Kier molecular flexibility index (Phi) is 8.64. The summed E-state index contributed by atoms with van der Waals surface area (Å²) in [7, 11) is 1.80. The molecule has 5 nitrogen and oxygen atoms in total. The zero-order chi connectivity index (χ0) is 15.5. The molecule has 2 aliphatic rings. The Morgan fingerprint density at radius 2 is 1.77 bits per heavy atom. The van der Waals surface area contributed by atoms with Gasteiger partial charge in [-0.2, -0.15) is 0 Å². The van der Waals surface area contributed by atoms with E-state index in [0.29, 0.717) is 6.10 Å². The summed E-state index contributed by atoms with van der Waals surface area (Å²) in [5, 5.41) is 6.60. The molecule has 128 valence electrons. The Balaban J connectivity index is 1.40. The maximum Gasteiger partial charge on any atom is 0.191 e. The Morgan fingerprint density at radius 1 is 1.00 bits per heavy atom. The average molecular weight is 311 g/mol. The molecule has 2 aliphatic carbocycles. The van der Waals surface area contributed by atoms with Gasteiger partial charge in [0.2, 0.25) is 0 Å². The van der Waals surface area contributed by atoms with Gasteiger partial charge in [-0.15, -0.1) is 0 Å². The normalized spacial score (nSPS) is 20.1. The van der Waals surface area contributed by atoms with E-state index in [1.165, 1.54) is 44.9 Å². The summed E-state index contributed by atoms with van der Waals surface area (Å²) in [5.74, 6) is 1.69. The minimum absolute atomic E-state index is 0.509. The molecule has 0 saturated heterocycles.